The molecular formula is C25H25N3O. The van der Waals surface area contributed by atoms with Gasteiger partial charge in [-0.2, -0.15) is 0 Å². The van der Waals surface area contributed by atoms with Gasteiger partial charge in [0.1, 0.15) is 0 Å². The Labute approximate surface area is 171 Å². The van der Waals surface area contributed by atoms with E-state index in [1.54, 1.807) is 0 Å². The third-order valence-corrected chi connectivity index (χ3v) is 6.42. The van der Waals surface area contributed by atoms with Gasteiger partial charge in [-0.25, -0.2) is 0 Å². The van der Waals surface area contributed by atoms with E-state index < -0.39 is 0 Å². The molecule has 0 atom stereocenters. The number of oxime groups is 1. The summed E-state index contributed by atoms with van der Waals surface area (Å²) in [5, 5.41) is 13.0. The van der Waals surface area contributed by atoms with E-state index in [4.69, 9.17) is 10.7 Å². The van der Waals surface area contributed by atoms with Gasteiger partial charge in [-0.3, -0.25) is 4.98 Å². The van der Waals surface area contributed by atoms with Crippen LogP contribution in [-0.4, -0.2) is 15.9 Å². The van der Waals surface area contributed by atoms with Gasteiger partial charge in [0.25, 0.3) is 0 Å². The molecule has 3 aromatic rings. The van der Waals surface area contributed by atoms with Crippen molar-refractivity contribution in [1.29, 1.82) is 0 Å². The smallest absolute Gasteiger partial charge is 0.0886 e. The summed E-state index contributed by atoms with van der Waals surface area (Å²) in [7, 11) is 0. The van der Waals surface area contributed by atoms with Crippen LogP contribution in [0.3, 0.4) is 0 Å². The van der Waals surface area contributed by atoms with Crippen LogP contribution >= 0.6 is 0 Å². The summed E-state index contributed by atoms with van der Waals surface area (Å²) >= 11 is 0. The summed E-state index contributed by atoms with van der Waals surface area (Å²) in [6.45, 7) is 0. The number of hydrogen-bond donors (Lipinski definition) is 2. The molecule has 146 valence electrons. The molecule has 4 heteroatoms. The number of pyridine rings is 1. The van der Waals surface area contributed by atoms with Crippen molar-refractivity contribution in [3.63, 3.8) is 0 Å². The van der Waals surface area contributed by atoms with Gasteiger partial charge in [0.2, 0.25) is 0 Å². The predicted octanol–water partition coefficient (Wildman–Crippen LogP) is 5.27. The lowest BCUT2D eigenvalue weighted by atomic mass is 9.72. The summed E-state index contributed by atoms with van der Waals surface area (Å²) in [4.78, 5) is 5.06. The third-order valence-electron chi connectivity index (χ3n) is 6.42. The van der Waals surface area contributed by atoms with Crippen LogP contribution in [0.25, 0.3) is 22.4 Å². The molecule has 29 heavy (non-hydrogen) atoms. The minimum atomic E-state index is -0.156. The van der Waals surface area contributed by atoms with E-state index in [2.05, 4.69) is 47.6 Å². The average molecular weight is 383 g/mol. The van der Waals surface area contributed by atoms with Crippen LogP contribution < -0.4 is 5.73 Å². The number of aromatic nitrogens is 1. The highest BCUT2D eigenvalue weighted by molar-refractivity contribution is 6.03. The molecule has 0 bridgehead atoms. The molecule has 4 nitrogen and oxygen atoms in total. The molecule has 2 aliphatic carbocycles. The van der Waals surface area contributed by atoms with Crippen molar-refractivity contribution in [3.8, 4) is 22.4 Å². The number of rotatable bonds is 3. The quantitative estimate of drug-likeness (QED) is 0.478. The molecule has 1 heterocycles. The molecule has 0 amide bonds. The van der Waals surface area contributed by atoms with Gasteiger partial charge in [-0.1, -0.05) is 59.8 Å². The van der Waals surface area contributed by atoms with Crippen LogP contribution in [-0.2, 0) is 12.0 Å². The Kier molecular flexibility index (Phi) is 4.44. The maximum absolute atomic E-state index is 9.47. The first kappa shape index (κ1) is 18.1. The van der Waals surface area contributed by atoms with Crippen molar-refractivity contribution in [2.24, 2.45) is 10.9 Å². The zero-order valence-corrected chi connectivity index (χ0v) is 16.4. The topological polar surface area (TPSA) is 71.5 Å². The number of fused-ring (bicyclic) bond motifs is 1. The van der Waals surface area contributed by atoms with Gasteiger partial charge in [0.15, 0.2) is 0 Å². The molecule has 0 saturated heterocycles. The lowest BCUT2D eigenvalue weighted by Crippen LogP contribution is -2.43. The molecular weight excluding hydrogens is 358 g/mol. The fraction of sp³-hybridized carbons (Fsp3) is 0.280. The number of nitrogens with zero attached hydrogens (tertiary/aromatic N) is 2. The molecule has 2 aromatic carbocycles. The second-order valence-electron chi connectivity index (χ2n) is 8.23. The van der Waals surface area contributed by atoms with Crippen LogP contribution in [0.15, 0.2) is 65.8 Å². The highest BCUT2D eigenvalue weighted by Gasteiger charge is 2.34. The van der Waals surface area contributed by atoms with E-state index >= 15 is 0 Å². The fourth-order valence-corrected chi connectivity index (χ4v) is 4.52. The first-order valence-corrected chi connectivity index (χ1v) is 10.4. The van der Waals surface area contributed by atoms with Crippen LogP contribution in [0.4, 0.5) is 0 Å². The highest BCUT2D eigenvalue weighted by Crippen LogP contribution is 2.40. The monoisotopic (exact) mass is 383 g/mol. The fourth-order valence-electron chi connectivity index (χ4n) is 4.52. The van der Waals surface area contributed by atoms with E-state index in [1.807, 2.05) is 18.2 Å². The van der Waals surface area contributed by atoms with Crippen LogP contribution in [0, 0.1) is 0 Å². The molecule has 0 unspecified atom stereocenters. The number of nitrogens with two attached hydrogens (primary N) is 1. The molecule has 5 rings (SSSR count). The van der Waals surface area contributed by atoms with Gasteiger partial charge < -0.3 is 10.9 Å². The minimum absolute atomic E-state index is 0.156. The average Bonchev–Trinajstić information content (AvgIpc) is 2.77. The molecule has 3 N–H and O–H groups in total. The predicted molar refractivity (Wildman–Crippen MR) is 116 cm³/mol. The molecule has 1 fully saturated rings. The molecule has 0 aliphatic heterocycles. The molecule has 0 spiro atoms. The van der Waals surface area contributed by atoms with Gasteiger partial charge in [-0.15, -0.1) is 0 Å². The summed E-state index contributed by atoms with van der Waals surface area (Å²) in [6, 6.07) is 21.0. The largest absolute Gasteiger partial charge is 0.411 e. The Morgan fingerprint density at radius 1 is 0.862 bits per heavy atom. The Hall–Kier alpha value is -2.98. The van der Waals surface area contributed by atoms with Gasteiger partial charge in [0, 0.05) is 22.2 Å². The standard InChI is InChI=1S/C25H25N3O/c26-25(14-5-15-25)19-12-10-18(11-13-19)24-20(17-6-2-1-3-7-17)16-21-22(27-24)8-4-9-23(21)28-29/h1-3,6-7,10-13,16,29H,4-5,8-9,14-15,26H2. The van der Waals surface area contributed by atoms with E-state index in [-0.39, 0.29) is 5.54 Å². The lowest BCUT2D eigenvalue weighted by molar-refractivity contribution is 0.253. The minimum Gasteiger partial charge on any atom is -0.411 e. The Morgan fingerprint density at radius 2 is 1.62 bits per heavy atom. The molecule has 0 radical (unpaired) electrons. The van der Waals surface area contributed by atoms with Crippen LogP contribution in [0.5, 0.6) is 0 Å². The lowest BCUT2D eigenvalue weighted by Gasteiger charge is -2.38. The second-order valence-corrected chi connectivity index (χ2v) is 8.23. The second kappa shape index (κ2) is 7.12. The van der Waals surface area contributed by atoms with Gasteiger partial charge >= 0.3 is 0 Å². The van der Waals surface area contributed by atoms with Crippen LogP contribution in [0.2, 0.25) is 0 Å². The van der Waals surface area contributed by atoms with Crippen molar-refractivity contribution in [3.05, 3.63) is 77.5 Å². The SMILES string of the molecule is NC1(c2ccc(-c3nc4c(cc3-c3ccccc3)C(=NO)CCC4)cc2)CCC1. The zero-order valence-electron chi connectivity index (χ0n) is 16.4. The summed E-state index contributed by atoms with van der Waals surface area (Å²) in [5.41, 5.74) is 14.5. The maximum Gasteiger partial charge on any atom is 0.0886 e. The summed E-state index contributed by atoms with van der Waals surface area (Å²) < 4.78 is 0. The maximum atomic E-state index is 9.47. The van der Waals surface area contributed by atoms with Gasteiger partial charge in [-0.05, 0) is 55.7 Å². The van der Waals surface area contributed by atoms with E-state index in [9.17, 15) is 5.21 Å². The van der Waals surface area contributed by atoms with E-state index in [0.717, 1.165) is 71.5 Å². The summed E-state index contributed by atoms with van der Waals surface area (Å²) in [5.74, 6) is 0. The molecule has 1 aromatic heterocycles. The van der Waals surface area contributed by atoms with E-state index in [1.165, 1.54) is 12.0 Å². The highest BCUT2D eigenvalue weighted by atomic mass is 16.4. The number of aryl methyl sites for hydroxylation is 1. The normalized spacial score (nSPS) is 18.9. The summed E-state index contributed by atoms with van der Waals surface area (Å²) in [6.07, 6.45) is 5.96. The zero-order chi connectivity index (χ0) is 19.8. The van der Waals surface area contributed by atoms with Gasteiger partial charge in [0.05, 0.1) is 17.1 Å². The van der Waals surface area contributed by atoms with Crippen molar-refractivity contribution in [2.45, 2.75) is 44.1 Å². The number of benzene rings is 2. The third kappa shape index (κ3) is 3.14. The van der Waals surface area contributed by atoms with Crippen molar-refractivity contribution >= 4 is 5.71 Å². The van der Waals surface area contributed by atoms with E-state index in [0.29, 0.717) is 0 Å². The molecule has 1 saturated carbocycles. The molecule has 2 aliphatic rings. The number of hydrogen-bond acceptors (Lipinski definition) is 4. The first-order chi connectivity index (χ1) is 14.2. The Bertz CT molecular complexity index is 1070. The Morgan fingerprint density at radius 3 is 2.28 bits per heavy atom. The van der Waals surface area contributed by atoms with Crippen molar-refractivity contribution in [1.82, 2.24) is 4.98 Å². The Balaban J connectivity index is 1.65. The van der Waals surface area contributed by atoms with Crippen LogP contribution in [0.1, 0.15) is 48.9 Å². The van der Waals surface area contributed by atoms with Crippen molar-refractivity contribution < 1.29 is 5.21 Å². The van der Waals surface area contributed by atoms with Crippen molar-refractivity contribution in [2.75, 3.05) is 0 Å². The first-order valence-electron chi connectivity index (χ1n) is 10.4.